The largest absolute Gasteiger partial charge is 0.486 e. The fraction of sp³-hybridized carbons (Fsp3) is 0.167. The van der Waals surface area contributed by atoms with Crippen LogP contribution in [0.1, 0.15) is 11.1 Å². The molecule has 2 aromatic carbocycles. The second kappa shape index (κ2) is 7.33. The summed E-state index contributed by atoms with van der Waals surface area (Å²) in [6, 6.07) is 13.4. The Morgan fingerprint density at radius 3 is 2.74 bits per heavy atom. The lowest BCUT2D eigenvalue weighted by atomic mass is 10.2. The third kappa shape index (κ3) is 4.13. The molecule has 1 aliphatic rings. The minimum absolute atomic E-state index is 0.143. The third-order valence-corrected chi connectivity index (χ3v) is 4.11. The smallest absolute Gasteiger partial charge is 0.244 e. The van der Waals surface area contributed by atoms with Gasteiger partial charge in [-0.3, -0.25) is 4.79 Å². The number of halogens is 1. The van der Waals surface area contributed by atoms with Crippen molar-refractivity contribution in [2.75, 3.05) is 13.2 Å². The Kier molecular flexibility index (Phi) is 4.98. The molecule has 0 aliphatic carbocycles. The van der Waals surface area contributed by atoms with Crippen molar-refractivity contribution in [2.45, 2.75) is 6.54 Å². The molecule has 4 nitrogen and oxygen atoms in total. The summed E-state index contributed by atoms with van der Waals surface area (Å²) < 4.78 is 12.0. The summed E-state index contributed by atoms with van der Waals surface area (Å²) >= 11 is 3.45. The molecule has 0 atom stereocenters. The van der Waals surface area contributed by atoms with Crippen molar-refractivity contribution in [3.63, 3.8) is 0 Å². The lowest BCUT2D eigenvalue weighted by Gasteiger charge is -2.18. The van der Waals surface area contributed by atoms with Crippen LogP contribution in [-0.4, -0.2) is 19.1 Å². The van der Waals surface area contributed by atoms with Crippen molar-refractivity contribution in [2.24, 2.45) is 0 Å². The van der Waals surface area contributed by atoms with Crippen LogP contribution in [0.5, 0.6) is 11.5 Å². The maximum absolute atomic E-state index is 11.9. The van der Waals surface area contributed by atoms with Gasteiger partial charge in [-0.15, -0.1) is 0 Å². The molecule has 1 heterocycles. The standard InChI is InChI=1S/C18H16BrNO3/c19-15-4-2-1-3-14(15)6-8-18(21)20-12-13-5-7-16-17(11-13)23-10-9-22-16/h1-8,11H,9-10,12H2,(H,20,21). The molecule has 0 saturated heterocycles. The first-order chi connectivity index (χ1) is 11.2. The average molecular weight is 374 g/mol. The second-order valence-electron chi connectivity index (χ2n) is 5.05. The number of nitrogens with one attached hydrogen (secondary N) is 1. The van der Waals surface area contributed by atoms with Gasteiger partial charge in [0.15, 0.2) is 11.5 Å². The summed E-state index contributed by atoms with van der Waals surface area (Å²) in [5.74, 6) is 1.34. The van der Waals surface area contributed by atoms with Crippen LogP contribution in [-0.2, 0) is 11.3 Å². The van der Waals surface area contributed by atoms with Gasteiger partial charge in [0.25, 0.3) is 0 Å². The van der Waals surface area contributed by atoms with E-state index < -0.39 is 0 Å². The fourth-order valence-electron chi connectivity index (χ4n) is 2.22. The van der Waals surface area contributed by atoms with Crippen molar-refractivity contribution in [1.82, 2.24) is 5.32 Å². The van der Waals surface area contributed by atoms with E-state index in [0.717, 1.165) is 27.1 Å². The number of amides is 1. The quantitative estimate of drug-likeness (QED) is 0.833. The van der Waals surface area contributed by atoms with Gasteiger partial charge in [-0.05, 0) is 35.4 Å². The molecule has 0 saturated carbocycles. The molecule has 23 heavy (non-hydrogen) atoms. The van der Waals surface area contributed by atoms with Gasteiger partial charge in [0.1, 0.15) is 13.2 Å². The fourth-order valence-corrected chi connectivity index (χ4v) is 2.64. The first-order valence-electron chi connectivity index (χ1n) is 7.31. The number of fused-ring (bicyclic) bond motifs is 1. The van der Waals surface area contributed by atoms with Crippen LogP contribution in [0, 0.1) is 0 Å². The van der Waals surface area contributed by atoms with Gasteiger partial charge in [0.2, 0.25) is 5.91 Å². The van der Waals surface area contributed by atoms with Gasteiger partial charge in [-0.25, -0.2) is 0 Å². The summed E-state index contributed by atoms with van der Waals surface area (Å²) in [6.07, 6.45) is 3.31. The number of hydrogen-bond acceptors (Lipinski definition) is 3. The van der Waals surface area contributed by atoms with E-state index >= 15 is 0 Å². The predicted molar refractivity (Wildman–Crippen MR) is 92.5 cm³/mol. The third-order valence-electron chi connectivity index (χ3n) is 3.39. The highest BCUT2D eigenvalue weighted by molar-refractivity contribution is 9.10. The average Bonchev–Trinajstić information content (AvgIpc) is 2.59. The van der Waals surface area contributed by atoms with Crippen LogP contribution >= 0.6 is 15.9 Å². The number of carbonyl (C=O) groups is 1. The molecule has 0 bridgehead atoms. The van der Waals surface area contributed by atoms with Crippen LogP contribution in [0.3, 0.4) is 0 Å². The first kappa shape index (κ1) is 15.6. The summed E-state index contributed by atoms with van der Waals surface area (Å²) in [4.78, 5) is 11.9. The summed E-state index contributed by atoms with van der Waals surface area (Å²) in [6.45, 7) is 1.57. The number of carbonyl (C=O) groups excluding carboxylic acids is 1. The molecule has 118 valence electrons. The van der Waals surface area contributed by atoms with Crippen LogP contribution in [0.25, 0.3) is 6.08 Å². The van der Waals surface area contributed by atoms with Gasteiger partial charge >= 0.3 is 0 Å². The van der Waals surface area contributed by atoms with Crippen molar-refractivity contribution in [1.29, 1.82) is 0 Å². The number of hydrogen-bond donors (Lipinski definition) is 1. The minimum atomic E-state index is -0.143. The first-order valence-corrected chi connectivity index (χ1v) is 8.10. The Bertz CT molecular complexity index is 743. The zero-order chi connectivity index (χ0) is 16.1. The zero-order valence-electron chi connectivity index (χ0n) is 12.4. The van der Waals surface area contributed by atoms with Gasteiger partial charge < -0.3 is 14.8 Å². The number of rotatable bonds is 4. The topological polar surface area (TPSA) is 47.6 Å². The molecule has 3 rings (SSSR count). The molecule has 1 aliphatic heterocycles. The Labute approximate surface area is 143 Å². The SMILES string of the molecule is O=C(C=Cc1ccccc1Br)NCc1ccc2c(c1)OCCO2. The monoisotopic (exact) mass is 373 g/mol. The highest BCUT2D eigenvalue weighted by Gasteiger charge is 2.11. The molecule has 0 unspecified atom stereocenters. The summed E-state index contributed by atoms with van der Waals surface area (Å²) in [7, 11) is 0. The van der Waals surface area contributed by atoms with Gasteiger partial charge in [0.05, 0.1) is 0 Å². The van der Waals surface area contributed by atoms with E-state index in [1.54, 1.807) is 6.08 Å². The van der Waals surface area contributed by atoms with E-state index in [0.29, 0.717) is 19.8 Å². The molecule has 2 aromatic rings. The number of ether oxygens (including phenoxy) is 2. The summed E-state index contributed by atoms with van der Waals surface area (Å²) in [5.41, 5.74) is 1.93. The lowest BCUT2D eigenvalue weighted by Crippen LogP contribution is -2.21. The molecule has 0 radical (unpaired) electrons. The Morgan fingerprint density at radius 2 is 1.91 bits per heavy atom. The molecular weight excluding hydrogens is 358 g/mol. The van der Waals surface area contributed by atoms with E-state index in [2.05, 4.69) is 21.2 Å². The van der Waals surface area contributed by atoms with E-state index in [1.807, 2.05) is 42.5 Å². The molecule has 5 heteroatoms. The van der Waals surface area contributed by atoms with Gasteiger partial charge in [-0.2, -0.15) is 0 Å². The molecule has 0 fully saturated rings. The van der Waals surface area contributed by atoms with E-state index in [4.69, 9.17) is 9.47 Å². The summed E-state index contributed by atoms with van der Waals surface area (Å²) in [5, 5.41) is 2.86. The highest BCUT2D eigenvalue weighted by Crippen LogP contribution is 2.30. The molecule has 1 N–H and O–H groups in total. The van der Waals surface area contributed by atoms with Crippen molar-refractivity contribution >= 4 is 27.9 Å². The molecular formula is C18H16BrNO3. The maximum Gasteiger partial charge on any atom is 0.244 e. The van der Waals surface area contributed by atoms with Gasteiger partial charge in [0, 0.05) is 17.1 Å². The minimum Gasteiger partial charge on any atom is -0.486 e. The molecule has 0 aromatic heterocycles. The molecule has 1 amide bonds. The van der Waals surface area contributed by atoms with E-state index in [-0.39, 0.29) is 5.91 Å². The van der Waals surface area contributed by atoms with Gasteiger partial charge in [-0.1, -0.05) is 40.2 Å². The van der Waals surface area contributed by atoms with Crippen LogP contribution in [0.2, 0.25) is 0 Å². The van der Waals surface area contributed by atoms with Crippen LogP contribution in [0.4, 0.5) is 0 Å². The normalized spacial score (nSPS) is 13.1. The zero-order valence-corrected chi connectivity index (χ0v) is 14.0. The van der Waals surface area contributed by atoms with Crippen LogP contribution < -0.4 is 14.8 Å². The Balaban J connectivity index is 1.58. The van der Waals surface area contributed by atoms with Crippen molar-refractivity contribution in [3.8, 4) is 11.5 Å². The van der Waals surface area contributed by atoms with E-state index in [1.165, 1.54) is 6.08 Å². The second-order valence-corrected chi connectivity index (χ2v) is 5.90. The van der Waals surface area contributed by atoms with Crippen molar-refractivity contribution in [3.05, 3.63) is 64.1 Å². The number of benzene rings is 2. The molecule has 0 spiro atoms. The van der Waals surface area contributed by atoms with Crippen molar-refractivity contribution < 1.29 is 14.3 Å². The Hall–Kier alpha value is -2.27. The van der Waals surface area contributed by atoms with Crippen LogP contribution in [0.15, 0.2) is 53.0 Å². The maximum atomic E-state index is 11.9. The highest BCUT2D eigenvalue weighted by atomic mass is 79.9. The lowest BCUT2D eigenvalue weighted by molar-refractivity contribution is -0.116. The van der Waals surface area contributed by atoms with E-state index in [9.17, 15) is 4.79 Å². The predicted octanol–water partition coefficient (Wildman–Crippen LogP) is 3.55. The Morgan fingerprint density at radius 1 is 1.13 bits per heavy atom.